The molecule has 1 fully saturated rings. The van der Waals surface area contributed by atoms with E-state index in [1.807, 2.05) is 26.8 Å². The van der Waals surface area contributed by atoms with E-state index in [0.717, 1.165) is 56.0 Å². The standard InChI is InChI=1S/C18H25BrN4O2/c1-12(2)23-18(24)14-10-13(3)11-15(16(14)17(19)21-23)20-4-5-22-6-8-25-9-7-22/h10-12,20H,4-9H2,1-3H3. The molecule has 0 unspecified atom stereocenters. The van der Waals surface area contributed by atoms with E-state index < -0.39 is 0 Å². The van der Waals surface area contributed by atoms with Crippen molar-refractivity contribution in [2.24, 2.45) is 0 Å². The Kier molecular flexibility index (Phi) is 5.76. The van der Waals surface area contributed by atoms with Gasteiger partial charge in [0.2, 0.25) is 0 Å². The number of nitrogens with zero attached hydrogens (tertiary/aromatic N) is 3. The van der Waals surface area contributed by atoms with Crippen LogP contribution in [0, 0.1) is 6.92 Å². The number of morpholine rings is 1. The van der Waals surface area contributed by atoms with Gasteiger partial charge in [0.05, 0.1) is 24.6 Å². The van der Waals surface area contributed by atoms with Crippen molar-refractivity contribution in [2.75, 3.05) is 44.7 Å². The van der Waals surface area contributed by atoms with Crippen LogP contribution in [0.1, 0.15) is 25.5 Å². The van der Waals surface area contributed by atoms with E-state index in [1.165, 1.54) is 4.68 Å². The smallest absolute Gasteiger partial charge is 0.275 e. The molecule has 1 aromatic heterocycles. The van der Waals surface area contributed by atoms with Crippen LogP contribution in [0.15, 0.2) is 21.5 Å². The number of fused-ring (bicyclic) bond motifs is 1. The van der Waals surface area contributed by atoms with Gasteiger partial charge in [-0.2, -0.15) is 5.10 Å². The van der Waals surface area contributed by atoms with Gasteiger partial charge in [-0.3, -0.25) is 9.69 Å². The molecule has 2 heterocycles. The number of halogens is 1. The lowest BCUT2D eigenvalue weighted by molar-refractivity contribution is 0.0398. The molecule has 1 aliphatic rings. The lowest BCUT2D eigenvalue weighted by Crippen LogP contribution is -2.39. The van der Waals surface area contributed by atoms with Crippen LogP contribution in [0.3, 0.4) is 0 Å². The van der Waals surface area contributed by atoms with E-state index in [0.29, 0.717) is 9.99 Å². The van der Waals surface area contributed by atoms with Crippen molar-refractivity contribution in [1.82, 2.24) is 14.7 Å². The molecule has 136 valence electrons. The third-order valence-corrected chi connectivity index (χ3v) is 5.01. The molecule has 2 aromatic rings. The molecule has 1 N–H and O–H groups in total. The zero-order valence-electron chi connectivity index (χ0n) is 15.0. The highest BCUT2D eigenvalue weighted by Crippen LogP contribution is 2.29. The van der Waals surface area contributed by atoms with Gasteiger partial charge in [0.25, 0.3) is 5.56 Å². The molecule has 0 bridgehead atoms. The van der Waals surface area contributed by atoms with Gasteiger partial charge in [-0.15, -0.1) is 0 Å². The molecule has 6 nitrogen and oxygen atoms in total. The monoisotopic (exact) mass is 408 g/mol. The molecule has 25 heavy (non-hydrogen) atoms. The number of anilines is 1. The average Bonchev–Trinajstić information content (AvgIpc) is 2.58. The Hall–Kier alpha value is -1.44. The highest BCUT2D eigenvalue weighted by molar-refractivity contribution is 9.10. The van der Waals surface area contributed by atoms with Crippen LogP contribution >= 0.6 is 15.9 Å². The van der Waals surface area contributed by atoms with Crippen molar-refractivity contribution in [3.05, 3.63) is 32.7 Å². The normalized spacial score (nSPS) is 15.9. The Balaban J connectivity index is 1.89. The fourth-order valence-electron chi connectivity index (χ4n) is 3.15. The Labute approximate surface area is 156 Å². The Morgan fingerprint density at radius 1 is 1.32 bits per heavy atom. The van der Waals surface area contributed by atoms with E-state index >= 15 is 0 Å². The lowest BCUT2D eigenvalue weighted by Gasteiger charge is -2.26. The summed E-state index contributed by atoms with van der Waals surface area (Å²) in [4.78, 5) is 15.2. The minimum Gasteiger partial charge on any atom is -0.383 e. The van der Waals surface area contributed by atoms with Crippen molar-refractivity contribution in [1.29, 1.82) is 0 Å². The van der Waals surface area contributed by atoms with Crippen LogP contribution in [0.25, 0.3) is 10.8 Å². The maximum absolute atomic E-state index is 12.8. The second-order valence-electron chi connectivity index (χ2n) is 6.75. The molecule has 0 aliphatic carbocycles. The first-order valence-electron chi connectivity index (χ1n) is 8.74. The van der Waals surface area contributed by atoms with Crippen LogP contribution in [-0.2, 0) is 4.74 Å². The number of nitrogens with one attached hydrogen (secondary N) is 1. The second kappa shape index (κ2) is 7.85. The fraction of sp³-hybridized carbons (Fsp3) is 0.556. The average molecular weight is 409 g/mol. The quantitative estimate of drug-likeness (QED) is 0.823. The maximum Gasteiger partial charge on any atom is 0.275 e. The van der Waals surface area contributed by atoms with Gasteiger partial charge in [-0.05, 0) is 54.4 Å². The van der Waals surface area contributed by atoms with Gasteiger partial charge in [-0.1, -0.05) is 0 Å². The highest BCUT2D eigenvalue weighted by Gasteiger charge is 2.15. The molecule has 0 atom stereocenters. The van der Waals surface area contributed by atoms with E-state index in [4.69, 9.17) is 4.74 Å². The van der Waals surface area contributed by atoms with E-state index in [1.54, 1.807) is 0 Å². The maximum atomic E-state index is 12.8. The Morgan fingerprint density at radius 2 is 2.04 bits per heavy atom. The van der Waals surface area contributed by atoms with Gasteiger partial charge in [0, 0.05) is 37.3 Å². The van der Waals surface area contributed by atoms with E-state index in [9.17, 15) is 4.79 Å². The first-order valence-corrected chi connectivity index (χ1v) is 9.53. The van der Waals surface area contributed by atoms with Crippen molar-refractivity contribution in [2.45, 2.75) is 26.8 Å². The van der Waals surface area contributed by atoms with Gasteiger partial charge >= 0.3 is 0 Å². The number of rotatable bonds is 5. The first kappa shape index (κ1) is 18.4. The lowest BCUT2D eigenvalue weighted by atomic mass is 10.1. The molecule has 1 aliphatic heterocycles. The highest BCUT2D eigenvalue weighted by atomic mass is 79.9. The molecule has 0 saturated carbocycles. The van der Waals surface area contributed by atoms with Crippen LogP contribution in [0.5, 0.6) is 0 Å². The molecule has 0 amide bonds. The summed E-state index contributed by atoms with van der Waals surface area (Å²) in [6.45, 7) is 11.3. The largest absolute Gasteiger partial charge is 0.383 e. The van der Waals surface area contributed by atoms with Crippen molar-refractivity contribution >= 4 is 32.4 Å². The summed E-state index contributed by atoms with van der Waals surface area (Å²) >= 11 is 3.56. The SMILES string of the molecule is Cc1cc(NCCN2CCOCC2)c2c(Br)nn(C(C)C)c(=O)c2c1. The zero-order chi connectivity index (χ0) is 18.0. The predicted molar refractivity (Wildman–Crippen MR) is 105 cm³/mol. The number of benzene rings is 1. The molecular formula is C18H25BrN4O2. The third-order valence-electron chi connectivity index (χ3n) is 4.46. The van der Waals surface area contributed by atoms with Crippen molar-refractivity contribution in [3.63, 3.8) is 0 Å². The molecule has 3 rings (SSSR count). The fourth-order valence-corrected chi connectivity index (χ4v) is 3.75. The summed E-state index contributed by atoms with van der Waals surface area (Å²) in [7, 11) is 0. The number of ether oxygens (including phenoxy) is 1. The van der Waals surface area contributed by atoms with Crippen LogP contribution < -0.4 is 10.9 Å². The van der Waals surface area contributed by atoms with Crippen LogP contribution in [0.4, 0.5) is 5.69 Å². The predicted octanol–water partition coefficient (Wildman–Crippen LogP) is 2.79. The minimum atomic E-state index is -0.0480. The molecular weight excluding hydrogens is 384 g/mol. The van der Waals surface area contributed by atoms with Gasteiger partial charge in [0.1, 0.15) is 4.60 Å². The summed E-state index contributed by atoms with van der Waals surface area (Å²) in [5.41, 5.74) is 1.97. The minimum absolute atomic E-state index is 0.0199. The summed E-state index contributed by atoms with van der Waals surface area (Å²) in [6, 6.07) is 4.04. The summed E-state index contributed by atoms with van der Waals surface area (Å²) in [6.07, 6.45) is 0. The number of aromatic nitrogens is 2. The van der Waals surface area contributed by atoms with Gasteiger partial charge in [0.15, 0.2) is 0 Å². The van der Waals surface area contributed by atoms with Gasteiger partial charge in [-0.25, -0.2) is 4.68 Å². The van der Waals surface area contributed by atoms with Crippen LogP contribution in [-0.4, -0.2) is 54.1 Å². The zero-order valence-corrected chi connectivity index (χ0v) is 16.6. The van der Waals surface area contributed by atoms with E-state index in [-0.39, 0.29) is 11.6 Å². The van der Waals surface area contributed by atoms with Gasteiger partial charge < -0.3 is 10.1 Å². The second-order valence-corrected chi connectivity index (χ2v) is 7.50. The summed E-state index contributed by atoms with van der Waals surface area (Å²) < 4.78 is 7.61. The molecule has 7 heteroatoms. The van der Waals surface area contributed by atoms with Crippen molar-refractivity contribution in [3.8, 4) is 0 Å². The molecule has 0 radical (unpaired) electrons. The molecule has 0 spiro atoms. The summed E-state index contributed by atoms with van der Waals surface area (Å²) in [5, 5.41) is 9.49. The van der Waals surface area contributed by atoms with Crippen molar-refractivity contribution < 1.29 is 4.74 Å². The number of hydrogen-bond donors (Lipinski definition) is 1. The van der Waals surface area contributed by atoms with E-state index in [2.05, 4.69) is 37.3 Å². The topological polar surface area (TPSA) is 59.4 Å². The summed E-state index contributed by atoms with van der Waals surface area (Å²) in [5.74, 6) is 0. The number of aryl methyl sites for hydroxylation is 1. The third kappa shape index (κ3) is 4.04. The first-order chi connectivity index (χ1) is 12.0. The molecule has 1 saturated heterocycles. The number of hydrogen-bond acceptors (Lipinski definition) is 5. The Bertz CT molecular complexity index is 813. The van der Waals surface area contributed by atoms with Crippen LogP contribution in [0.2, 0.25) is 0 Å². The Morgan fingerprint density at radius 3 is 2.72 bits per heavy atom. The molecule has 1 aromatic carbocycles.